The zero-order valence-corrected chi connectivity index (χ0v) is 20.3. The Balaban J connectivity index is 1.63. The molecule has 0 radical (unpaired) electrons. The molecule has 0 saturated carbocycles. The van der Waals surface area contributed by atoms with E-state index in [1.807, 2.05) is 0 Å². The SMILES string of the molecule is O=C(O)c1cc(-c2cc3cc(Cl)cc(Cl)c3o2)nc2ccc(S(=O)(=O)N3CCCCCC3)cc12. The molecule has 1 aliphatic heterocycles. The molecule has 0 unspecified atom stereocenters. The lowest BCUT2D eigenvalue weighted by Gasteiger charge is -2.20. The summed E-state index contributed by atoms with van der Waals surface area (Å²) in [4.78, 5) is 16.7. The zero-order valence-electron chi connectivity index (χ0n) is 17.9. The Hall–Kier alpha value is -2.65. The predicted molar refractivity (Wildman–Crippen MR) is 131 cm³/mol. The summed E-state index contributed by atoms with van der Waals surface area (Å²) < 4.78 is 33.8. The average Bonchev–Trinajstić information content (AvgIpc) is 3.03. The molecule has 2 aromatic heterocycles. The number of carboxylic acids is 1. The minimum atomic E-state index is -3.74. The monoisotopic (exact) mass is 518 g/mol. The lowest BCUT2D eigenvalue weighted by molar-refractivity contribution is 0.0699. The third-order valence-corrected chi connectivity index (χ3v) is 8.40. The Morgan fingerprint density at radius 3 is 2.44 bits per heavy atom. The van der Waals surface area contributed by atoms with Crippen LogP contribution in [0.15, 0.2) is 51.8 Å². The molecule has 1 fully saturated rings. The number of pyridine rings is 1. The Bertz CT molecular complexity index is 1540. The van der Waals surface area contributed by atoms with E-state index in [-0.39, 0.29) is 21.5 Å². The van der Waals surface area contributed by atoms with Crippen molar-refractivity contribution in [3.05, 3.63) is 58.1 Å². The van der Waals surface area contributed by atoms with E-state index in [1.165, 1.54) is 28.6 Å². The number of halogens is 2. The normalized spacial score (nSPS) is 15.6. The van der Waals surface area contributed by atoms with Crippen LogP contribution < -0.4 is 0 Å². The van der Waals surface area contributed by atoms with Crippen molar-refractivity contribution in [1.82, 2.24) is 9.29 Å². The highest BCUT2D eigenvalue weighted by Gasteiger charge is 2.26. The van der Waals surface area contributed by atoms with Crippen LogP contribution in [0.25, 0.3) is 33.3 Å². The summed E-state index contributed by atoms with van der Waals surface area (Å²) in [7, 11) is -3.74. The van der Waals surface area contributed by atoms with Gasteiger partial charge in [-0.3, -0.25) is 0 Å². The number of hydrogen-bond acceptors (Lipinski definition) is 5. The van der Waals surface area contributed by atoms with Crippen LogP contribution in [0.4, 0.5) is 0 Å². The van der Waals surface area contributed by atoms with Gasteiger partial charge < -0.3 is 9.52 Å². The summed E-state index contributed by atoms with van der Waals surface area (Å²) in [6.07, 6.45) is 3.62. The molecule has 3 heterocycles. The molecule has 34 heavy (non-hydrogen) atoms. The fraction of sp³-hybridized carbons (Fsp3) is 0.250. The number of sulfonamides is 1. The van der Waals surface area contributed by atoms with Gasteiger partial charge >= 0.3 is 5.97 Å². The minimum Gasteiger partial charge on any atom is -0.478 e. The highest BCUT2D eigenvalue weighted by atomic mass is 35.5. The second kappa shape index (κ2) is 8.85. The number of aromatic nitrogens is 1. The molecule has 0 amide bonds. The molecule has 4 aromatic rings. The van der Waals surface area contributed by atoms with Gasteiger partial charge in [-0.2, -0.15) is 4.31 Å². The summed E-state index contributed by atoms with van der Waals surface area (Å²) >= 11 is 12.3. The molecule has 0 spiro atoms. The van der Waals surface area contributed by atoms with Crippen molar-refractivity contribution in [2.45, 2.75) is 30.6 Å². The second-order valence-electron chi connectivity index (χ2n) is 8.27. The predicted octanol–water partition coefficient (Wildman–Crippen LogP) is 6.22. The maximum atomic E-state index is 13.2. The third-order valence-electron chi connectivity index (χ3n) is 6.00. The number of furan rings is 1. The van der Waals surface area contributed by atoms with Crippen molar-refractivity contribution < 1.29 is 22.7 Å². The van der Waals surface area contributed by atoms with Crippen molar-refractivity contribution in [2.75, 3.05) is 13.1 Å². The van der Waals surface area contributed by atoms with Gasteiger partial charge in [0.1, 0.15) is 5.69 Å². The second-order valence-corrected chi connectivity index (χ2v) is 11.1. The number of nitrogens with zero attached hydrogens (tertiary/aromatic N) is 2. The molecule has 0 atom stereocenters. The number of fused-ring (bicyclic) bond motifs is 2. The highest BCUT2D eigenvalue weighted by molar-refractivity contribution is 7.89. The fourth-order valence-electron chi connectivity index (χ4n) is 4.30. The van der Waals surface area contributed by atoms with Gasteiger partial charge in [-0.15, -0.1) is 0 Å². The first kappa shape index (κ1) is 23.1. The van der Waals surface area contributed by atoms with Crippen LogP contribution in [-0.4, -0.2) is 41.9 Å². The van der Waals surface area contributed by atoms with Crippen LogP contribution >= 0.6 is 23.2 Å². The molecule has 0 bridgehead atoms. The minimum absolute atomic E-state index is 0.0594. The van der Waals surface area contributed by atoms with E-state index in [9.17, 15) is 18.3 Å². The van der Waals surface area contributed by atoms with Crippen molar-refractivity contribution >= 4 is 61.1 Å². The van der Waals surface area contributed by atoms with Gasteiger partial charge in [0.05, 0.1) is 21.0 Å². The molecule has 10 heteroatoms. The molecular formula is C24H20Cl2N2O5S. The van der Waals surface area contributed by atoms with Crippen LogP contribution in [0.2, 0.25) is 10.0 Å². The number of benzene rings is 2. The van der Waals surface area contributed by atoms with Gasteiger partial charge in [0.2, 0.25) is 10.0 Å². The first-order valence-corrected chi connectivity index (χ1v) is 13.0. The van der Waals surface area contributed by atoms with Crippen LogP contribution in [0.5, 0.6) is 0 Å². The van der Waals surface area contributed by atoms with Crippen molar-refractivity contribution in [2.24, 2.45) is 0 Å². The third kappa shape index (κ3) is 4.15. The first-order valence-electron chi connectivity index (χ1n) is 10.8. The number of carbonyl (C=O) groups is 1. The van der Waals surface area contributed by atoms with E-state index in [0.717, 1.165) is 25.7 Å². The van der Waals surface area contributed by atoms with Gasteiger partial charge in [0.25, 0.3) is 0 Å². The van der Waals surface area contributed by atoms with Crippen LogP contribution in [0.3, 0.4) is 0 Å². The Morgan fingerprint density at radius 1 is 1.00 bits per heavy atom. The lowest BCUT2D eigenvalue weighted by atomic mass is 10.1. The molecule has 7 nitrogen and oxygen atoms in total. The smallest absolute Gasteiger partial charge is 0.336 e. The fourth-order valence-corrected chi connectivity index (χ4v) is 6.39. The molecule has 1 saturated heterocycles. The molecule has 1 aliphatic rings. The summed E-state index contributed by atoms with van der Waals surface area (Å²) in [5, 5.41) is 11.6. The Morgan fingerprint density at radius 2 is 1.74 bits per heavy atom. The van der Waals surface area contributed by atoms with E-state index in [2.05, 4.69) is 4.98 Å². The van der Waals surface area contributed by atoms with Crippen LogP contribution in [0, 0.1) is 0 Å². The molecule has 5 rings (SSSR count). The number of hydrogen-bond donors (Lipinski definition) is 1. The number of aromatic carboxylic acids is 1. The Kier molecular flexibility index (Phi) is 6.02. The maximum Gasteiger partial charge on any atom is 0.336 e. The summed E-state index contributed by atoms with van der Waals surface area (Å²) in [5.41, 5.74) is 0.974. The molecule has 176 valence electrons. The molecule has 0 aliphatic carbocycles. The topological polar surface area (TPSA) is 101 Å². The summed E-state index contributed by atoms with van der Waals surface area (Å²) in [5.74, 6) is -0.875. The maximum absolute atomic E-state index is 13.2. The standard InChI is InChI=1S/C24H20Cl2N2O5S/c25-15-9-14-10-22(33-23(14)19(26)11-15)21-13-18(24(29)30)17-12-16(5-6-20(17)27-21)34(31,32)28-7-3-1-2-4-8-28/h5-6,9-13H,1-4,7-8H2,(H,29,30). The van der Waals surface area contributed by atoms with Crippen molar-refractivity contribution in [3.63, 3.8) is 0 Å². The van der Waals surface area contributed by atoms with E-state index in [4.69, 9.17) is 27.6 Å². The van der Waals surface area contributed by atoms with Gasteiger partial charge in [-0.25, -0.2) is 18.2 Å². The van der Waals surface area contributed by atoms with E-state index < -0.39 is 16.0 Å². The van der Waals surface area contributed by atoms with Gasteiger partial charge in [-0.05, 0) is 55.3 Å². The van der Waals surface area contributed by atoms with Gasteiger partial charge in [-0.1, -0.05) is 36.0 Å². The quantitative estimate of drug-likeness (QED) is 0.344. The average molecular weight is 519 g/mol. The summed E-state index contributed by atoms with van der Waals surface area (Å²) in [6, 6.07) is 10.7. The van der Waals surface area contributed by atoms with E-state index >= 15 is 0 Å². The number of rotatable bonds is 4. The van der Waals surface area contributed by atoms with Crippen LogP contribution in [0.1, 0.15) is 36.0 Å². The zero-order chi connectivity index (χ0) is 24.0. The van der Waals surface area contributed by atoms with E-state index in [0.29, 0.717) is 45.4 Å². The van der Waals surface area contributed by atoms with Crippen molar-refractivity contribution in [3.8, 4) is 11.5 Å². The van der Waals surface area contributed by atoms with Crippen LogP contribution in [-0.2, 0) is 10.0 Å². The Labute approximate surface area is 205 Å². The molecular weight excluding hydrogens is 499 g/mol. The van der Waals surface area contributed by atoms with Crippen molar-refractivity contribution in [1.29, 1.82) is 0 Å². The molecule has 1 N–H and O–H groups in total. The van der Waals surface area contributed by atoms with Gasteiger partial charge in [0, 0.05) is 28.9 Å². The highest BCUT2D eigenvalue weighted by Crippen LogP contribution is 2.35. The van der Waals surface area contributed by atoms with E-state index in [1.54, 1.807) is 18.2 Å². The van der Waals surface area contributed by atoms with Gasteiger partial charge in [0.15, 0.2) is 11.3 Å². The first-order chi connectivity index (χ1) is 16.2. The molecule has 2 aromatic carbocycles. The number of carboxylic acid groups (broad SMARTS) is 1. The lowest BCUT2D eigenvalue weighted by Crippen LogP contribution is -2.31. The largest absolute Gasteiger partial charge is 0.478 e. The summed E-state index contributed by atoms with van der Waals surface area (Å²) in [6.45, 7) is 0.921.